The van der Waals surface area contributed by atoms with Crippen LogP contribution in [0.5, 0.6) is 0 Å². The standard InChI is InChI=1S/C21H24F6/c1-2-3-12-4-6-13(7-5-12)14-8-15-10-17-18(11-16(15)9-14)20(24,25)21(26,27)19(17,22)23/h10-14H,2-9H2,1H3. The molecule has 0 N–H and O–H groups in total. The van der Waals surface area contributed by atoms with E-state index in [1.54, 1.807) is 0 Å². The Morgan fingerprint density at radius 3 is 1.70 bits per heavy atom. The first-order valence-corrected chi connectivity index (χ1v) is 9.89. The van der Waals surface area contributed by atoms with Gasteiger partial charge in [0.15, 0.2) is 0 Å². The van der Waals surface area contributed by atoms with Gasteiger partial charge < -0.3 is 0 Å². The molecule has 1 aromatic rings. The third-order valence-electron chi connectivity index (χ3n) is 7.02. The van der Waals surface area contributed by atoms with Gasteiger partial charge in [-0.05, 0) is 66.7 Å². The fourth-order valence-corrected chi connectivity index (χ4v) is 5.45. The van der Waals surface area contributed by atoms with E-state index in [1.807, 2.05) is 0 Å². The molecule has 0 bridgehead atoms. The molecule has 0 atom stereocenters. The molecule has 3 aliphatic carbocycles. The van der Waals surface area contributed by atoms with Gasteiger partial charge in [-0.3, -0.25) is 0 Å². The smallest absolute Gasteiger partial charge is 0.194 e. The number of rotatable bonds is 3. The largest absolute Gasteiger partial charge is 0.380 e. The van der Waals surface area contributed by atoms with E-state index in [0.29, 0.717) is 29.9 Å². The first-order chi connectivity index (χ1) is 12.6. The summed E-state index contributed by atoms with van der Waals surface area (Å²) in [5, 5.41) is 0. The van der Waals surface area contributed by atoms with Crippen LogP contribution in [0.25, 0.3) is 0 Å². The van der Waals surface area contributed by atoms with Gasteiger partial charge in [-0.25, -0.2) is 0 Å². The predicted octanol–water partition coefficient (Wildman–Crippen LogP) is 6.84. The molecule has 27 heavy (non-hydrogen) atoms. The molecule has 0 heterocycles. The Bertz CT molecular complexity index is 683. The maximum atomic E-state index is 14.0. The van der Waals surface area contributed by atoms with Crippen LogP contribution in [-0.4, -0.2) is 5.92 Å². The fraction of sp³-hybridized carbons (Fsp3) is 0.714. The fourth-order valence-electron chi connectivity index (χ4n) is 5.45. The molecule has 0 aliphatic heterocycles. The summed E-state index contributed by atoms with van der Waals surface area (Å²) < 4.78 is 83.4. The van der Waals surface area contributed by atoms with Gasteiger partial charge >= 0.3 is 17.8 Å². The van der Waals surface area contributed by atoms with Gasteiger partial charge in [0.25, 0.3) is 0 Å². The molecule has 3 aliphatic rings. The van der Waals surface area contributed by atoms with Gasteiger partial charge in [0.2, 0.25) is 0 Å². The van der Waals surface area contributed by atoms with Gasteiger partial charge in [-0.15, -0.1) is 0 Å². The van der Waals surface area contributed by atoms with Gasteiger partial charge in [0.05, 0.1) is 0 Å². The van der Waals surface area contributed by atoms with Gasteiger partial charge in [0, 0.05) is 11.1 Å². The van der Waals surface area contributed by atoms with Crippen LogP contribution >= 0.6 is 0 Å². The Morgan fingerprint density at radius 1 is 0.778 bits per heavy atom. The average molecular weight is 390 g/mol. The van der Waals surface area contributed by atoms with Crippen molar-refractivity contribution in [3.8, 4) is 0 Å². The lowest BCUT2D eigenvalue weighted by molar-refractivity contribution is -0.302. The lowest BCUT2D eigenvalue weighted by Gasteiger charge is -2.32. The molecule has 0 amide bonds. The minimum absolute atomic E-state index is 0.243. The molecular formula is C21H24F6. The summed E-state index contributed by atoms with van der Waals surface area (Å²) in [6.07, 6.45) is 7.92. The van der Waals surface area contributed by atoms with Gasteiger partial charge in [0.1, 0.15) is 0 Å². The number of fused-ring (bicyclic) bond motifs is 2. The van der Waals surface area contributed by atoms with Gasteiger partial charge in [-0.2, -0.15) is 26.3 Å². The van der Waals surface area contributed by atoms with Crippen LogP contribution in [0.15, 0.2) is 12.1 Å². The lowest BCUT2D eigenvalue weighted by atomic mass is 9.74. The Hall–Kier alpha value is -1.20. The normalized spacial score (nSPS) is 30.9. The summed E-state index contributed by atoms with van der Waals surface area (Å²) in [6.45, 7) is 2.17. The predicted molar refractivity (Wildman–Crippen MR) is 90.4 cm³/mol. The molecule has 1 saturated carbocycles. The Balaban J connectivity index is 1.56. The highest BCUT2D eigenvalue weighted by atomic mass is 19.3. The number of halogens is 6. The molecule has 0 nitrogen and oxygen atoms in total. The molecule has 0 aromatic heterocycles. The summed E-state index contributed by atoms with van der Waals surface area (Å²) in [7, 11) is 0. The van der Waals surface area contributed by atoms with E-state index in [1.165, 1.54) is 12.8 Å². The van der Waals surface area contributed by atoms with E-state index >= 15 is 0 Å². The summed E-state index contributed by atoms with van der Waals surface area (Å²) in [4.78, 5) is 0. The molecule has 6 heteroatoms. The summed E-state index contributed by atoms with van der Waals surface area (Å²) in [6, 6.07) is 1.87. The van der Waals surface area contributed by atoms with Crippen molar-refractivity contribution in [1.82, 2.24) is 0 Å². The number of alkyl halides is 6. The maximum absolute atomic E-state index is 14.0. The molecule has 1 aromatic carbocycles. The highest BCUT2D eigenvalue weighted by Gasteiger charge is 2.79. The van der Waals surface area contributed by atoms with E-state index in [-0.39, 0.29) is 5.92 Å². The van der Waals surface area contributed by atoms with Crippen LogP contribution in [0.2, 0.25) is 0 Å². The Labute approximate surface area is 155 Å². The third-order valence-corrected chi connectivity index (χ3v) is 7.02. The summed E-state index contributed by atoms with van der Waals surface area (Å²) in [5.41, 5.74) is -1.29. The van der Waals surface area contributed by atoms with Crippen molar-refractivity contribution in [1.29, 1.82) is 0 Å². The first-order valence-electron chi connectivity index (χ1n) is 9.89. The van der Waals surface area contributed by atoms with Crippen LogP contribution in [-0.2, 0) is 24.7 Å². The second-order valence-corrected chi connectivity index (χ2v) is 8.63. The zero-order chi connectivity index (χ0) is 19.6. The molecular weight excluding hydrogens is 366 g/mol. The quantitative estimate of drug-likeness (QED) is 0.496. The third kappa shape index (κ3) is 2.65. The number of hydrogen-bond donors (Lipinski definition) is 0. The van der Waals surface area contributed by atoms with E-state index in [4.69, 9.17) is 0 Å². The second kappa shape index (κ2) is 6.15. The van der Waals surface area contributed by atoms with Crippen LogP contribution in [0, 0.1) is 17.8 Å². The van der Waals surface area contributed by atoms with Crippen molar-refractivity contribution in [2.45, 2.75) is 76.1 Å². The molecule has 4 rings (SSSR count). The summed E-state index contributed by atoms with van der Waals surface area (Å²) in [5.74, 6) is -13.6. The molecule has 0 spiro atoms. The zero-order valence-electron chi connectivity index (χ0n) is 15.3. The monoisotopic (exact) mass is 390 g/mol. The molecule has 0 saturated heterocycles. The second-order valence-electron chi connectivity index (χ2n) is 8.63. The highest BCUT2D eigenvalue weighted by molar-refractivity contribution is 5.51. The van der Waals surface area contributed by atoms with Crippen molar-refractivity contribution in [2.75, 3.05) is 0 Å². The highest BCUT2D eigenvalue weighted by Crippen LogP contribution is 2.63. The van der Waals surface area contributed by atoms with E-state index in [0.717, 1.165) is 43.7 Å². The SMILES string of the molecule is CCCC1CCC(C2Cc3cc4c(cc3C2)C(F)(F)C(F)(F)C4(F)F)CC1. The number of benzene rings is 1. The molecule has 150 valence electrons. The van der Waals surface area contributed by atoms with E-state index < -0.39 is 28.9 Å². The van der Waals surface area contributed by atoms with E-state index in [2.05, 4.69) is 6.92 Å². The van der Waals surface area contributed by atoms with Crippen LogP contribution in [0.3, 0.4) is 0 Å². The summed E-state index contributed by atoms with van der Waals surface area (Å²) >= 11 is 0. The topological polar surface area (TPSA) is 0 Å². The van der Waals surface area contributed by atoms with Crippen LogP contribution < -0.4 is 0 Å². The van der Waals surface area contributed by atoms with Crippen LogP contribution in [0.4, 0.5) is 26.3 Å². The van der Waals surface area contributed by atoms with Crippen molar-refractivity contribution in [2.24, 2.45) is 17.8 Å². The Kier molecular flexibility index (Phi) is 4.36. The minimum atomic E-state index is -5.38. The van der Waals surface area contributed by atoms with Crippen molar-refractivity contribution in [3.05, 3.63) is 34.4 Å². The van der Waals surface area contributed by atoms with Gasteiger partial charge in [-0.1, -0.05) is 32.6 Å². The van der Waals surface area contributed by atoms with Crippen molar-refractivity contribution < 1.29 is 26.3 Å². The first kappa shape index (κ1) is 19.1. The number of hydrogen-bond acceptors (Lipinski definition) is 0. The van der Waals surface area contributed by atoms with Crippen molar-refractivity contribution >= 4 is 0 Å². The molecule has 0 radical (unpaired) electrons. The maximum Gasteiger partial charge on any atom is 0.380 e. The molecule has 1 fully saturated rings. The van der Waals surface area contributed by atoms with Crippen molar-refractivity contribution in [3.63, 3.8) is 0 Å². The minimum Gasteiger partial charge on any atom is -0.194 e. The lowest BCUT2D eigenvalue weighted by Crippen LogP contribution is -2.43. The Morgan fingerprint density at radius 2 is 1.26 bits per heavy atom. The van der Waals surface area contributed by atoms with Crippen LogP contribution in [0.1, 0.15) is 67.7 Å². The van der Waals surface area contributed by atoms with E-state index in [9.17, 15) is 26.3 Å². The zero-order valence-corrected chi connectivity index (χ0v) is 15.3. The average Bonchev–Trinajstić information content (AvgIpc) is 3.07. The molecule has 0 unspecified atom stereocenters.